The second-order valence-electron chi connectivity index (χ2n) is 8.16. The molecule has 0 aromatic heterocycles. The van der Waals surface area contributed by atoms with Crippen LogP contribution in [0.25, 0.3) is 11.1 Å². The SMILES string of the molecule is CCN(CC)CCCNC(=O)[C@@]1(Cc2cccc(-c3ccccc3OC)c2)CCCO1. The fraction of sp³-hybridized carbons (Fsp3) is 0.500. The summed E-state index contributed by atoms with van der Waals surface area (Å²) in [6, 6.07) is 16.4. The van der Waals surface area contributed by atoms with Crippen molar-refractivity contribution in [1.29, 1.82) is 0 Å². The van der Waals surface area contributed by atoms with E-state index in [2.05, 4.69) is 48.3 Å². The van der Waals surface area contributed by atoms with Gasteiger partial charge in [0.25, 0.3) is 5.91 Å². The number of benzene rings is 2. The summed E-state index contributed by atoms with van der Waals surface area (Å²) in [6.45, 7) is 8.74. The standard InChI is InChI=1S/C26H36N2O3/c1-4-28(5-2)17-10-16-27-25(29)26(15-9-18-31-26)20-21-11-8-12-22(19-21)23-13-6-7-14-24(23)30-3/h6-8,11-14,19H,4-5,9-10,15-18,20H2,1-3H3,(H,27,29)/t26-/m0/s1. The second kappa shape index (κ2) is 11.3. The Hall–Kier alpha value is -2.37. The Bertz CT molecular complexity index is 842. The van der Waals surface area contributed by atoms with E-state index in [0.717, 1.165) is 61.3 Å². The molecule has 31 heavy (non-hydrogen) atoms. The average Bonchev–Trinajstić information content (AvgIpc) is 3.29. The van der Waals surface area contributed by atoms with Crippen LogP contribution in [0, 0.1) is 0 Å². The maximum absolute atomic E-state index is 13.1. The molecule has 3 rings (SSSR count). The van der Waals surface area contributed by atoms with Crippen molar-refractivity contribution in [2.75, 3.05) is 39.9 Å². The Morgan fingerprint density at radius 1 is 1.16 bits per heavy atom. The molecule has 0 spiro atoms. The van der Waals surface area contributed by atoms with Crippen molar-refractivity contribution in [3.63, 3.8) is 0 Å². The number of carbonyl (C=O) groups is 1. The molecule has 0 radical (unpaired) electrons. The van der Waals surface area contributed by atoms with Crippen LogP contribution in [-0.2, 0) is 16.0 Å². The lowest BCUT2D eigenvalue weighted by Gasteiger charge is -2.28. The van der Waals surface area contributed by atoms with Crippen molar-refractivity contribution < 1.29 is 14.3 Å². The van der Waals surface area contributed by atoms with Crippen molar-refractivity contribution >= 4 is 5.91 Å². The number of ether oxygens (including phenoxy) is 2. The van der Waals surface area contributed by atoms with E-state index in [4.69, 9.17) is 9.47 Å². The first-order valence-electron chi connectivity index (χ1n) is 11.5. The van der Waals surface area contributed by atoms with Crippen molar-refractivity contribution in [2.24, 2.45) is 0 Å². The van der Waals surface area contributed by atoms with Gasteiger partial charge in [0.2, 0.25) is 0 Å². The number of nitrogens with one attached hydrogen (secondary N) is 1. The molecule has 1 aliphatic heterocycles. The summed E-state index contributed by atoms with van der Waals surface area (Å²) < 4.78 is 11.6. The van der Waals surface area contributed by atoms with Crippen molar-refractivity contribution in [3.05, 3.63) is 54.1 Å². The minimum atomic E-state index is -0.769. The van der Waals surface area contributed by atoms with Crippen LogP contribution in [0.15, 0.2) is 48.5 Å². The number of hydrogen-bond acceptors (Lipinski definition) is 4. The van der Waals surface area contributed by atoms with E-state index in [-0.39, 0.29) is 5.91 Å². The van der Waals surface area contributed by atoms with E-state index in [9.17, 15) is 4.79 Å². The molecule has 1 saturated heterocycles. The minimum Gasteiger partial charge on any atom is -0.496 e. The summed E-state index contributed by atoms with van der Waals surface area (Å²) in [4.78, 5) is 15.5. The van der Waals surface area contributed by atoms with Gasteiger partial charge < -0.3 is 19.7 Å². The molecule has 168 valence electrons. The van der Waals surface area contributed by atoms with Gasteiger partial charge in [-0.2, -0.15) is 0 Å². The highest BCUT2D eigenvalue weighted by Crippen LogP contribution is 2.33. The molecule has 0 bridgehead atoms. The van der Waals surface area contributed by atoms with Gasteiger partial charge in [-0.25, -0.2) is 0 Å². The van der Waals surface area contributed by atoms with Gasteiger partial charge in [-0.1, -0.05) is 56.3 Å². The largest absolute Gasteiger partial charge is 0.496 e. The second-order valence-corrected chi connectivity index (χ2v) is 8.16. The Balaban J connectivity index is 1.69. The Kier molecular flexibility index (Phi) is 8.50. The predicted molar refractivity (Wildman–Crippen MR) is 125 cm³/mol. The van der Waals surface area contributed by atoms with Crippen LogP contribution in [0.5, 0.6) is 5.75 Å². The van der Waals surface area contributed by atoms with Gasteiger partial charge in [0, 0.05) is 25.1 Å². The quantitative estimate of drug-likeness (QED) is 0.547. The summed E-state index contributed by atoms with van der Waals surface area (Å²) in [6.07, 6.45) is 3.21. The number of nitrogens with zero attached hydrogens (tertiary/aromatic N) is 1. The first kappa shape index (κ1) is 23.3. The molecule has 0 saturated carbocycles. The molecule has 5 heteroatoms. The number of methoxy groups -OCH3 is 1. The average molecular weight is 425 g/mol. The summed E-state index contributed by atoms with van der Waals surface area (Å²) in [5.41, 5.74) is 2.47. The van der Waals surface area contributed by atoms with Crippen LogP contribution in [-0.4, -0.2) is 56.3 Å². The Morgan fingerprint density at radius 3 is 2.68 bits per heavy atom. The highest BCUT2D eigenvalue weighted by molar-refractivity contribution is 5.86. The van der Waals surface area contributed by atoms with E-state index < -0.39 is 5.60 Å². The van der Waals surface area contributed by atoms with Crippen LogP contribution >= 0.6 is 0 Å². The Morgan fingerprint density at radius 2 is 1.97 bits per heavy atom. The summed E-state index contributed by atoms with van der Waals surface area (Å²) >= 11 is 0. The third-order valence-corrected chi connectivity index (χ3v) is 6.18. The fourth-order valence-corrected chi connectivity index (χ4v) is 4.36. The highest BCUT2D eigenvalue weighted by atomic mass is 16.5. The smallest absolute Gasteiger partial charge is 0.252 e. The number of hydrogen-bond donors (Lipinski definition) is 1. The van der Waals surface area contributed by atoms with Gasteiger partial charge >= 0.3 is 0 Å². The molecular weight excluding hydrogens is 388 g/mol. The van der Waals surface area contributed by atoms with Crippen LogP contribution in [0.3, 0.4) is 0 Å². The first-order valence-corrected chi connectivity index (χ1v) is 11.5. The summed E-state index contributed by atoms with van der Waals surface area (Å²) in [7, 11) is 1.69. The van der Waals surface area contributed by atoms with E-state index in [1.807, 2.05) is 24.3 Å². The molecular formula is C26H36N2O3. The summed E-state index contributed by atoms with van der Waals surface area (Å²) in [5, 5.41) is 3.14. The molecule has 0 unspecified atom stereocenters. The van der Waals surface area contributed by atoms with Gasteiger partial charge in [0.1, 0.15) is 5.75 Å². The van der Waals surface area contributed by atoms with E-state index >= 15 is 0 Å². The molecule has 2 aromatic carbocycles. The molecule has 5 nitrogen and oxygen atoms in total. The molecule has 1 N–H and O–H groups in total. The first-order chi connectivity index (χ1) is 15.1. The van der Waals surface area contributed by atoms with Gasteiger partial charge in [0.05, 0.1) is 7.11 Å². The normalized spacial score (nSPS) is 18.3. The molecule has 1 heterocycles. The van der Waals surface area contributed by atoms with Crippen LogP contribution in [0.4, 0.5) is 0 Å². The van der Waals surface area contributed by atoms with Gasteiger partial charge in [0.15, 0.2) is 5.60 Å². The van der Waals surface area contributed by atoms with Crippen molar-refractivity contribution in [2.45, 2.75) is 45.1 Å². The molecule has 1 fully saturated rings. The highest BCUT2D eigenvalue weighted by Gasteiger charge is 2.42. The van der Waals surface area contributed by atoms with E-state index in [1.54, 1.807) is 7.11 Å². The minimum absolute atomic E-state index is 0.0206. The number of carbonyl (C=O) groups excluding carboxylic acids is 1. The third kappa shape index (κ3) is 5.86. The molecule has 1 amide bonds. The van der Waals surface area contributed by atoms with E-state index in [1.165, 1.54) is 0 Å². The summed E-state index contributed by atoms with van der Waals surface area (Å²) in [5.74, 6) is 0.865. The number of amides is 1. The van der Waals surface area contributed by atoms with Crippen molar-refractivity contribution in [3.8, 4) is 16.9 Å². The van der Waals surface area contributed by atoms with Crippen LogP contribution in [0.2, 0.25) is 0 Å². The van der Waals surface area contributed by atoms with Crippen LogP contribution in [0.1, 0.15) is 38.7 Å². The molecule has 1 aliphatic rings. The van der Waals surface area contributed by atoms with Gasteiger partial charge in [-0.3, -0.25) is 4.79 Å². The topological polar surface area (TPSA) is 50.8 Å². The number of rotatable bonds is 11. The lowest BCUT2D eigenvalue weighted by molar-refractivity contribution is -0.141. The van der Waals surface area contributed by atoms with Gasteiger partial charge in [-0.05, 0) is 56.1 Å². The van der Waals surface area contributed by atoms with E-state index in [0.29, 0.717) is 19.6 Å². The Labute approximate surface area is 186 Å². The van der Waals surface area contributed by atoms with Crippen LogP contribution < -0.4 is 10.1 Å². The molecule has 1 atom stereocenters. The zero-order valence-electron chi connectivity index (χ0n) is 19.2. The maximum atomic E-state index is 13.1. The third-order valence-electron chi connectivity index (χ3n) is 6.18. The lowest BCUT2D eigenvalue weighted by atomic mass is 9.89. The molecule has 0 aliphatic carbocycles. The molecule has 2 aromatic rings. The predicted octanol–water partition coefficient (Wildman–Crippen LogP) is 4.30. The zero-order valence-corrected chi connectivity index (χ0v) is 19.2. The number of para-hydroxylation sites is 1. The monoisotopic (exact) mass is 424 g/mol. The lowest BCUT2D eigenvalue weighted by Crippen LogP contribution is -2.48. The van der Waals surface area contributed by atoms with Gasteiger partial charge in [-0.15, -0.1) is 0 Å². The fourth-order valence-electron chi connectivity index (χ4n) is 4.36. The maximum Gasteiger partial charge on any atom is 0.252 e. The zero-order chi connectivity index (χ0) is 22.1. The van der Waals surface area contributed by atoms with Crippen molar-refractivity contribution in [1.82, 2.24) is 10.2 Å².